The lowest BCUT2D eigenvalue weighted by Crippen LogP contribution is -2.45. The fourth-order valence-corrected chi connectivity index (χ4v) is 4.42. The second-order valence-electron chi connectivity index (χ2n) is 7.14. The molecular weight excluding hydrogens is 496 g/mol. The molecule has 0 spiro atoms. The molecule has 3 atom stereocenters. The van der Waals surface area contributed by atoms with Gasteiger partial charge in [-0.05, 0) is 60.0 Å². The van der Waals surface area contributed by atoms with Gasteiger partial charge >= 0.3 is 0 Å². The molecule has 1 aliphatic heterocycles. The number of hydrogen-bond donors (Lipinski definition) is 3. The first-order valence-electron chi connectivity index (χ1n) is 9.43. The first-order chi connectivity index (χ1) is 14.0. The summed E-state index contributed by atoms with van der Waals surface area (Å²) in [5.41, 5.74) is 3.18. The fraction of sp³-hybridized carbons (Fsp3) is 0.217. The van der Waals surface area contributed by atoms with Crippen molar-refractivity contribution in [3.63, 3.8) is 0 Å². The van der Waals surface area contributed by atoms with Crippen molar-refractivity contribution in [3.8, 4) is 11.5 Å². The summed E-state index contributed by atoms with van der Waals surface area (Å²) in [4.78, 5) is 0. The van der Waals surface area contributed by atoms with E-state index in [1.807, 2.05) is 36.4 Å². The Bertz CT molecular complexity index is 994. The van der Waals surface area contributed by atoms with Crippen molar-refractivity contribution in [2.75, 3.05) is 7.11 Å². The maximum atomic E-state index is 10.5. The van der Waals surface area contributed by atoms with Gasteiger partial charge in [0.2, 0.25) is 0 Å². The lowest BCUT2D eigenvalue weighted by molar-refractivity contribution is 0.244. The number of halogens is 2. The zero-order valence-electron chi connectivity index (χ0n) is 15.9. The molecule has 1 heterocycles. The Balaban J connectivity index is 1.71. The monoisotopic (exact) mass is 516 g/mol. The molecule has 0 bridgehead atoms. The van der Waals surface area contributed by atoms with E-state index >= 15 is 0 Å². The predicted octanol–water partition coefficient (Wildman–Crippen LogP) is 5.99. The van der Waals surface area contributed by atoms with Gasteiger partial charge in [-0.25, -0.2) is 0 Å². The number of rotatable bonds is 4. The van der Waals surface area contributed by atoms with Gasteiger partial charge < -0.3 is 9.84 Å². The Hall–Kier alpha value is -1.86. The van der Waals surface area contributed by atoms with Gasteiger partial charge in [-0.15, -0.1) is 0 Å². The third-order valence-corrected chi connectivity index (χ3v) is 6.29. The van der Waals surface area contributed by atoms with Crippen LogP contribution < -0.4 is 15.4 Å². The quantitative estimate of drug-likeness (QED) is 0.398. The van der Waals surface area contributed by atoms with Crippen molar-refractivity contribution in [2.45, 2.75) is 24.7 Å². The Morgan fingerprint density at radius 1 is 0.862 bits per heavy atom. The van der Waals surface area contributed by atoms with Crippen LogP contribution in [0, 0.1) is 0 Å². The third-order valence-electron chi connectivity index (χ3n) is 5.27. The van der Waals surface area contributed by atoms with E-state index in [4.69, 9.17) is 4.74 Å². The van der Waals surface area contributed by atoms with Gasteiger partial charge in [0.1, 0.15) is 11.5 Å². The number of hydrogen-bond acceptors (Lipinski definition) is 4. The molecule has 1 fully saturated rings. The average Bonchev–Trinajstić information content (AvgIpc) is 2.75. The average molecular weight is 518 g/mol. The Labute approximate surface area is 187 Å². The van der Waals surface area contributed by atoms with E-state index in [0.29, 0.717) is 5.75 Å². The van der Waals surface area contributed by atoms with E-state index in [1.54, 1.807) is 13.2 Å². The van der Waals surface area contributed by atoms with Gasteiger partial charge in [-0.2, -0.15) is 0 Å². The zero-order chi connectivity index (χ0) is 20.4. The van der Waals surface area contributed by atoms with Crippen molar-refractivity contribution in [2.24, 2.45) is 0 Å². The molecule has 150 valence electrons. The maximum Gasteiger partial charge on any atom is 0.120 e. The number of benzene rings is 3. The molecule has 4 nitrogen and oxygen atoms in total. The molecule has 0 aromatic heterocycles. The van der Waals surface area contributed by atoms with Crippen LogP contribution in [-0.4, -0.2) is 12.2 Å². The van der Waals surface area contributed by atoms with Crippen LogP contribution in [-0.2, 0) is 0 Å². The van der Waals surface area contributed by atoms with Crippen molar-refractivity contribution >= 4 is 31.9 Å². The van der Waals surface area contributed by atoms with Crippen molar-refractivity contribution in [3.05, 3.63) is 92.4 Å². The van der Waals surface area contributed by atoms with Gasteiger partial charge in [-0.1, -0.05) is 56.1 Å². The summed E-state index contributed by atoms with van der Waals surface area (Å²) in [6.45, 7) is 0. The van der Waals surface area contributed by atoms with Crippen LogP contribution in [0.4, 0.5) is 0 Å². The van der Waals surface area contributed by atoms with Gasteiger partial charge in [0.25, 0.3) is 0 Å². The molecule has 0 amide bonds. The number of phenolic OH excluding ortho intramolecular Hbond substituents is 1. The normalized spacial score (nSPS) is 21.7. The van der Waals surface area contributed by atoms with Crippen LogP contribution in [0.3, 0.4) is 0 Å². The summed E-state index contributed by atoms with van der Waals surface area (Å²) in [5, 5.41) is 17.9. The highest BCUT2D eigenvalue weighted by Crippen LogP contribution is 2.39. The van der Waals surface area contributed by atoms with Gasteiger partial charge in [0.15, 0.2) is 0 Å². The van der Waals surface area contributed by atoms with Gasteiger partial charge in [0.05, 0.1) is 13.3 Å². The first-order valence-corrected chi connectivity index (χ1v) is 11.0. The molecule has 3 aromatic rings. The molecule has 3 N–H and O–H groups in total. The predicted molar refractivity (Wildman–Crippen MR) is 122 cm³/mol. The molecule has 1 aliphatic rings. The molecule has 1 saturated heterocycles. The second-order valence-corrected chi connectivity index (χ2v) is 8.97. The highest BCUT2D eigenvalue weighted by molar-refractivity contribution is 9.10. The SMILES string of the molecule is COc1cccc([C@@H]2C[C@H](c3cc(Br)ccc3O)N[C@@H](c3ccc(Br)cc3)N2)c1. The number of phenols is 1. The number of nitrogens with one attached hydrogen (secondary N) is 2. The zero-order valence-corrected chi connectivity index (χ0v) is 19.1. The fourth-order valence-electron chi connectivity index (χ4n) is 3.78. The van der Waals surface area contributed by atoms with Crippen LogP contribution >= 0.6 is 31.9 Å². The highest BCUT2D eigenvalue weighted by Gasteiger charge is 2.31. The van der Waals surface area contributed by atoms with Crippen LogP contribution in [0.1, 0.15) is 41.4 Å². The summed E-state index contributed by atoms with van der Waals surface area (Å²) in [6, 6.07) is 22.1. The molecule has 29 heavy (non-hydrogen) atoms. The topological polar surface area (TPSA) is 53.5 Å². The molecule has 3 aromatic carbocycles. The van der Waals surface area contributed by atoms with Crippen molar-refractivity contribution in [1.82, 2.24) is 10.6 Å². The highest BCUT2D eigenvalue weighted by atomic mass is 79.9. The lowest BCUT2D eigenvalue weighted by atomic mass is 9.90. The van der Waals surface area contributed by atoms with Crippen LogP contribution in [0.25, 0.3) is 0 Å². The Kier molecular flexibility index (Phi) is 6.25. The number of aromatic hydroxyl groups is 1. The summed E-state index contributed by atoms with van der Waals surface area (Å²) in [6.07, 6.45) is 0.737. The minimum absolute atomic E-state index is 0.0152. The van der Waals surface area contributed by atoms with E-state index in [9.17, 15) is 5.11 Å². The first kappa shape index (κ1) is 20.4. The smallest absolute Gasteiger partial charge is 0.120 e. The van der Waals surface area contributed by atoms with E-state index in [-0.39, 0.29) is 18.2 Å². The lowest BCUT2D eigenvalue weighted by Gasteiger charge is -2.38. The summed E-state index contributed by atoms with van der Waals surface area (Å²) in [7, 11) is 1.68. The van der Waals surface area contributed by atoms with E-state index in [0.717, 1.165) is 37.8 Å². The number of ether oxygens (including phenoxy) is 1. The summed E-state index contributed by atoms with van der Waals surface area (Å²) < 4.78 is 7.41. The Morgan fingerprint density at radius 3 is 2.34 bits per heavy atom. The third kappa shape index (κ3) is 4.67. The second kappa shape index (κ2) is 8.88. The number of methoxy groups -OCH3 is 1. The van der Waals surface area contributed by atoms with Gasteiger partial charge in [-0.3, -0.25) is 10.6 Å². The van der Waals surface area contributed by atoms with Crippen LogP contribution in [0.15, 0.2) is 75.7 Å². The van der Waals surface area contributed by atoms with Crippen molar-refractivity contribution in [1.29, 1.82) is 0 Å². The molecule has 0 saturated carbocycles. The van der Waals surface area contributed by atoms with E-state index in [1.165, 1.54) is 0 Å². The molecule has 0 radical (unpaired) electrons. The van der Waals surface area contributed by atoms with Crippen molar-refractivity contribution < 1.29 is 9.84 Å². The molecule has 6 heteroatoms. The molecule has 4 rings (SSSR count). The summed E-state index contributed by atoms with van der Waals surface area (Å²) >= 11 is 7.04. The maximum absolute atomic E-state index is 10.5. The molecule has 0 aliphatic carbocycles. The van der Waals surface area contributed by atoms with E-state index < -0.39 is 0 Å². The molecular formula is C23H22Br2N2O2. The van der Waals surface area contributed by atoms with Crippen LogP contribution in [0.2, 0.25) is 0 Å². The Morgan fingerprint density at radius 2 is 1.59 bits per heavy atom. The van der Waals surface area contributed by atoms with E-state index in [2.05, 4.69) is 66.8 Å². The minimum atomic E-state index is -0.0589. The van der Waals surface area contributed by atoms with Crippen LogP contribution in [0.5, 0.6) is 11.5 Å². The summed E-state index contributed by atoms with van der Waals surface area (Å²) in [5.74, 6) is 1.14. The van der Waals surface area contributed by atoms with Gasteiger partial charge in [0, 0.05) is 26.6 Å². The largest absolute Gasteiger partial charge is 0.508 e. The minimum Gasteiger partial charge on any atom is -0.508 e. The molecule has 0 unspecified atom stereocenters. The standard InChI is InChI=1S/C23H22Br2N2O2/c1-29-18-4-2-3-15(11-18)20-13-21(19-12-17(25)9-10-22(19)28)27-23(26-20)14-5-7-16(24)8-6-14/h2-12,20-21,23,26-28H,13H2,1H3/t20-,21+,23-/m0/s1.